The van der Waals surface area contributed by atoms with Crippen LogP contribution < -0.4 is 33.6 Å². The summed E-state index contributed by atoms with van der Waals surface area (Å²) in [4.78, 5) is 35.1. The van der Waals surface area contributed by atoms with Crippen molar-refractivity contribution in [3.05, 3.63) is 10.8 Å². The molecule has 2 amide bonds. The second-order valence-corrected chi connectivity index (χ2v) is 6.78. The number of nitrogens with one attached hydrogen (secondary N) is 2. The lowest BCUT2D eigenvalue weighted by molar-refractivity contribution is -0.122. The van der Waals surface area contributed by atoms with E-state index in [1.165, 1.54) is 0 Å². The van der Waals surface area contributed by atoms with Gasteiger partial charge in [-0.25, -0.2) is 9.97 Å². The number of carbonyl (C=O) groups excluding carboxylic acids is 2. The van der Waals surface area contributed by atoms with E-state index in [0.717, 1.165) is 25.7 Å². The summed E-state index contributed by atoms with van der Waals surface area (Å²) < 4.78 is 0. The van der Waals surface area contributed by atoms with Gasteiger partial charge in [0.25, 0.3) is 0 Å². The van der Waals surface area contributed by atoms with Gasteiger partial charge in [0.2, 0.25) is 5.91 Å². The predicted octanol–water partition coefficient (Wildman–Crippen LogP) is -0.886. The number of amides is 2. The highest BCUT2D eigenvalue weighted by Gasteiger charge is 2.24. The quantitative estimate of drug-likeness (QED) is 0.275. The lowest BCUT2D eigenvalue weighted by Crippen LogP contribution is -2.48. The number of halogens is 1. The first kappa shape index (κ1) is 20.6. The number of nitrogen functional groups attached to an aromatic ring is 2. The summed E-state index contributed by atoms with van der Waals surface area (Å²) in [6.45, 7) is 1.64. The van der Waals surface area contributed by atoms with Crippen molar-refractivity contribution in [2.24, 2.45) is 16.5 Å². The first-order valence-corrected chi connectivity index (χ1v) is 8.84. The number of nitrogens with zero attached hydrogens (tertiary/aromatic N) is 3. The summed E-state index contributed by atoms with van der Waals surface area (Å²) in [5, 5.41) is 5.75. The number of anilines is 2. The van der Waals surface area contributed by atoms with Crippen molar-refractivity contribution in [2.75, 3.05) is 11.5 Å². The van der Waals surface area contributed by atoms with Crippen molar-refractivity contribution in [1.82, 2.24) is 20.6 Å². The smallest absolute Gasteiger partial charge is 0.302 e. The lowest BCUT2D eigenvalue weighted by Gasteiger charge is -2.30. The van der Waals surface area contributed by atoms with Crippen molar-refractivity contribution < 1.29 is 9.59 Å². The molecule has 1 aliphatic rings. The molecule has 2 rings (SSSR count). The normalized spacial score (nSPS) is 21.4. The van der Waals surface area contributed by atoms with Crippen molar-refractivity contribution in [1.29, 1.82) is 0 Å². The SMILES string of the molecule is C[C@@H](N)C(=O)N[C@H]1CC[C@H](N/C(N)=N/C(=O)c2nc(Cl)c(N)nc2N)CC1. The van der Waals surface area contributed by atoms with Crippen molar-refractivity contribution in [2.45, 2.75) is 50.7 Å². The van der Waals surface area contributed by atoms with Crippen LogP contribution in [0.3, 0.4) is 0 Å². The van der Waals surface area contributed by atoms with Crippen LogP contribution in [-0.2, 0) is 4.79 Å². The van der Waals surface area contributed by atoms with Crippen LogP contribution in [0.25, 0.3) is 0 Å². The summed E-state index contributed by atoms with van der Waals surface area (Å²) >= 11 is 5.75. The van der Waals surface area contributed by atoms with E-state index < -0.39 is 11.9 Å². The Labute approximate surface area is 161 Å². The molecule has 148 valence electrons. The van der Waals surface area contributed by atoms with Gasteiger partial charge in [0.05, 0.1) is 6.04 Å². The number of guanidine groups is 1. The van der Waals surface area contributed by atoms with Crippen molar-refractivity contribution in [3.8, 4) is 0 Å². The van der Waals surface area contributed by atoms with Crippen molar-refractivity contribution >= 4 is 41.0 Å². The third kappa shape index (κ3) is 5.66. The Morgan fingerprint density at radius 2 is 1.67 bits per heavy atom. The van der Waals surface area contributed by atoms with Crippen LogP contribution in [0.5, 0.6) is 0 Å². The fraction of sp³-hybridized carbons (Fsp3) is 0.533. The molecule has 0 radical (unpaired) electrons. The van der Waals surface area contributed by atoms with Crippen LogP contribution in [0.1, 0.15) is 43.1 Å². The highest BCUT2D eigenvalue weighted by molar-refractivity contribution is 6.31. The van der Waals surface area contributed by atoms with E-state index in [0.29, 0.717) is 0 Å². The topological polar surface area (TPSA) is 200 Å². The number of carbonyl (C=O) groups is 2. The number of rotatable bonds is 4. The molecule has 0 aromatic carbocycles. The van der Waals surface area contributed by atoms with Gasteiger partial charge in [-0.05, 0) is 32.6 Å². The van der Waals surface area contributed by atoms with Gasteiger partial charge in [-0.1, -0.05) is 11.6 Å². The fourth-order valence-electron chi connectivity index (χ4n) is 2.72. The molecule has 0 unspecified atom stereocenters. The number of aromatic nitrogens is 2. The Bertz CT molecular complexity index is 745. The molecule has 1 saturated carbocycles. The van der Waals surface area contributed by atoms with Crippen LogP contribution in [0.2, 0.25) is 5.15 Å². The molecular weight excluding hydrogens is 374 g/mol. The molecule has 0 bridgehead atoms. The lowest BCUT2D eigenvalue weighted by atomic mass is 9.91. The second kappa shape index (κ2) is 8.82. The Morgan fingerprint density at radius 3 is 2.22 bits per heavy atom. The van der Waals surface area contributed by atoms with Gasteiger partial charge in [-0.2, -0.15) is 4.99 Å². The largest absolute Gasteiger partial charge is 0.382 e. The van der Waals surface area contributed by atoms with E-state index in [-0.39, 0.29) is 46.4 Å². The summed E-state index contributed by atoms with van der Waals surface area (Å²) in [6, 6.07) is -0.427. The molecule has 1 fully saturated rings. The molecule has 0 spiro atoms. The molecule has 1 aromatic heterocycles. The molecule has 0 aliphatic heterocycles. The van der Waals surface area contributed by atoms with Gasteiger partial charge in [-0.15, -0.1) is 0 Å². The maximum Gasteiger partial charge on any atom is 0.302 e. The van der Waals surface area contributed by atoms with Crippen LogP contribution in [0.4, 0.5) is 11.6 Å². The Balaban J connectivity index is 1.90. The molecule has 0 saturated heterocycles. The summed E-state index contributed by atoms with van der Waals surface area (Å²) in [5.74, 6) is -1.25. The third-order valence-corrected chi connectivity index (χ3v) is 4.45. The van der Waals surface area contributed by atoms with Crippen LogP contribution in [0, 0.1) is 0 Å². The molecular formula is C15H24ClN9O2. The van der Waals surface area contributed by atoms with Crippen LogP contribution in [0.15, 0.2) is 4.99 Å². The fourth-order valence-corrected chi connectivity index (χ4v) is 2.84. The van der Waals surface area contributed by atoms with E-state index in [1.54, 1.807) is 6.92 Å². The van der Waals surface area contributed by atoms with Gasteiger partial charge in [0.15, 0.2) is 28.4 Å². The molecule has 1 aliphatic carbocycles. The van der Waals surface area contributed by atoms with Crippen molar-refractivity contribution in [3.63, 3.8) is 0 Å². The van der Waals surface area contributed by atoms with Gasteiger partial charge in [0, 0.05) is 12.1 Å². The monoisotopic (exact) mass is 397 g/mol. The van der Waals surface area contributed by atoms with E-state index in [4.69, 9.17) is 34.5 Å². The Kier molecular flexibility index (Phi) is 6.75. The van der Waals surface area contributed by atoms with Gasteiger partial charge >= 0.3 is 5.91 Å². The maximum atomic E-state index is 12.2. The zero-order valence-corrected chi connectivity index (χ0v) is 15.7. The summed E-state index contributed by atoms with van der Waals surface area (Å²) in [5.41, 5.74) is 22.2. The molecule has 1 aromatic rings. The number of hydrogen-bond donors (Lipinski definition) is 6. The molecule has 11 nitrogen and oxygen atoms in total. The van der Waals surface area contributed by atoms with Crippen LogP contribution in [-0.4, -0.2) is 45.9 Å². The highest BCUT2D eigenvalue weighted by atomic mass is 35.5. The average molecular weight is 398 g/mol. The highest BCUT2D eigenvalue weighted by Crippen LogP contribution is 2.19. The summed E-state index contributed by atoms with van der Waals surface area (Å²) in [6.07, 6.45) is 3.04. The van der Waals surface area contributed by atoms with E-state index in [9.17, 15) is 9.59 Å². The number of aliphatic imine (C=N–C) groups is 1. The average Bonchev–Trinajstić information content (AvgIpc) is 2.59. The molecule has 12 heteroatoms. The first-order chi connectivity index (χ1) is 12.7. The van der Waals surface area contributed by atoms with Crippen LogP contribution >= 0.6 is 11.6 Å². The minimum Gasteiger partial charge on any atom is -0.382 e. The predicted molar refractivity (Wildman–Crippen MR) is 103 cm³/mol. The van der Waals surface area contributed by atoms with Gasteiger partial charge < -0.3 is 33.6 Å². The number of nitrogens with two attached hydrogens (primary N) is 4. The zero-order chi connectivity index (χ0) is 20.1. The molecule has 10 N–H and O–H groups in total. The molecule has 27 heavy (non-hydrogen) atoms. The standard InChI is InChI=1S/C15H24ClN9O2/c1-6(17)13(26)21-7-2-4-8(5-3-7)22-15(20)25-14(27)9-11(18)24-12(19)10(16)23-9/h6-8H,2-5,17H2,1H3,(H,21,26)(H4,18,19,24)(H3,20,22,25,27)/t6-,7-,8-/m1/s1. The van der Waals surface area contributed by atoms with E-state index in [1.807, 2.05) is 0 Å². The number of hydrogen-bond acceptors (Lipinski definition) is 7. The van der Waals surface area contributed by atoms with Gasteiger partial charge in [-0.3, -0.25) is 9.59 Å². The first-order valence-electron chi connectivity index (χ1n) is 8.46. The maximum absolute atomic E-state index is 12.2. The van der Waals surface area contributed by atoms with E-state index in [2.05, 4.69) is 25.6 Å². The van der Waals surface area contributed by atoms with E-state index >= 15 is 0 Å². The Morgan fingerprint density at radius 1 is 1.11 bits per heavy atom. The second-order valence-electron chi connectivity index (χ2n) is 6.43. The minimum atomic E-state index is -0.773. The molecule has 1 atom stereocenters. The molecule has 1 heterocycles. The zero-order valence-electron chi connectivity index (χ0n) is 14.9. The third-order valence-electron chi connectivity index (χ3n) is 4.17. The Hall–Kier alpha value is -2.66. The van der Waals surface area contributed by atoms with Gasteiger partial charge in [0.1, 0.15) is 0 Å². The summed E-state index contributed by atoms with van der Waals surface area (Å²) in [7, 11) is 0. The minimum absolute atomic E-state index is 0.0310.